The van der Waals surface area contributed by atoms with Gasteiger partial charge in [-0.3, -0.25) is 4.79 Å². The standard InChI is InChI=1S/C10H11NO4S/c12-8-3-1-7(2-4-8)9-5-16(14,15)6-10(13)11-9/h1-4,9,12H,5-6H2,(H,11,13). The van der Waals surface area contributed by atoms with Crippen LogP contribution in [0.5, 0.6) is 5.75 Å². The first-order valence-electron chi connectivity index (χ1n) is 4.75. The van der Waals surface area contributed by atoms with E-state index in [1.165, 1.54) is 12.1 Å². The Bertz CT molecular complexity index is 506. The lowest BCUT2D eigenvalue weighted by Gasteiger charge is -2.23. The van der Waals surface area contributed by atoms with E-state index in [4.69, 9.17) is 5.11 Å². The van der Waals surface area contributed by atoms with Gasteiger partial charge >= 0.3 is 0 Å². The van der Waals surface area contributed by atoms with Gasteiger partial charge in [-0.15, -0.1) is 0 Å². The predicted octanol–water partition coefficient (Wildman–Crippen LogP) is -0.0221. The minimum absolute atomic E-state index is 0.0937. The first-order valence-corrected chi connectivity index (χ1v) is 6.57. The van der Waals surface area contributed by atoms with Crippen LogP contribution in [0.2, 0.25) is 0 Å². The molecule has 1 fully saturated rings. The molecular formula is C10H11NO4S. The van der Waals surface area contributed by atoms with Crippen LogP contribution in [0, 0.1) is 0 Å². The van der Waals surface area contributed by atoms with Crippen molar-refractivity contribution in [2.75, 3.05) is 11.5 Å². The van der Waals surface area contributed by atoms with Crippen molar-refractivity contribution in [3.8, 4) is 5.75 Å². The van der Waals surface area contributed by atoms with E-state index in [1.54, 1.807) is 12.1 Å². The predicted molar refractivity (Wildman–Crippen MR) is 57.6 cm³/mol. The van der Waals surface area contributed by atoms with Crippen LogP contribution in [0.15, 0.2) is 24.3 Å². The largest absolute Gasteiger partial charge is 0.508 e. The maximum Gasteiger partial charge on any atom is 0.235 e. The molecule has 1 unspecified atom stereocenters. The van der Waals surface area contributed by atoms with E-state index in [0.717, 1.165) is 0 Å². The molecule has 5 nitrogen and oxygen atoms in total. The van der Waals surface area contributed by atoms with Crippen LogP contribution in [0.1, 0.15) is 11.6 Å². The number of rotatable bonds is 1. The molecule has 2 rings (SSSR count). The second-order valence-corrected chi connectivity index (χ2v) is 5.88. The van der Waals surface area contributed by atoms with E-state index in [0.29, 0.717) is 5.56 Å². The second kappa shape index (κ2) is 3.79. The molecule has 1 aromatic carbocycles. The number of phenolic OH excluding ortho intramolecular Hbond substituents is 1. The van der Waals surface area contributed by atoms with Crippen molar-refractivity contribution >= 4 is 15.7 Å². The summed E-state index contributed by atoms with van der Waals surface area (Å²) in [6.07, 6.45) is 0. The molecule has 0 spiro atoms. The highest BCUT2D eigenvalue weighted by Crippen LogP contribution is 2.21. The number of carbonyl (C=O) groups excluding carboxylic acids is 1. The quantitative estimate of drug-likeness (QED) is 0.723. The lowest BCUT2D eigenvalue weighted by molar-refractivity contribution is -0.119. The van der Waals surface area contributed by atoms with E-state index in [-0.39, 0.29) is 11.5 Å². The Balaban J connectivity index is 2.28. The number of aromatic hydroxyl groups is 1. The molecule has 1 saturated heterocycles. The van der Waals surface area contributed by atoms with Crippen LogP contribution in [-0.4, -0.2) is 30.9 Å². The normalized spacial score (nSPS) is 23.8. The van der Waals surface area contributed by atoms with E-state index in [9.17, 15) is 13.2 Å². The lowest BCUT2D eigenvalue weighted by atomic mass is 10.1. The molecule has 16 heavy (non-hydrogen) atoms. The van der Waals surface area contributed by atoms with Gasteiger partial charge in [0, 0.05) is 0 Å². The van der Waals surface area contributed by atoms with Gasteiger partial charge in [0.2, 0.25) is 5.91 Å². The van der Waals surface area contributed by atoms with Crippen LogP contribution in [0.25, 0.3) is 0 Å². The fourth-order valence-electron chi connectivity index (χ4n) is 1.68. The molecule has 1 aliphatic rings. The van der Waals surface area contributed by atoms with Gasteiger partial charge in [0.1, 0.15) is 11.5 Å². The highest BCUT2D eigenvalue weighted by molar-refractivity contribution is 7.92. The van der Waals surface area contributed by atoms with Crippen molar-refractivity contribution < 1.29 is 18.3 Å². The van der Waals surface area contributed by atoms with Gasteiger partial charge in [0.25, 0.3) is 0 Å². The Labute approximate surface area is 93.0 Å². The van der Waals surface area contributed by atoms with Crippen molar-refractivity contribution in [2.24, 2.45) is 0 Å². The summed E-state index contributed by atoms with van der Waals surface area (Å²) in [5.41, 5.74) is 0.675. The minimum Gasteiger partial charge on any atom is -0.508 e. The SMILES string of the molecule is O=C1CS(=O)(=O)CC(c2ccc(O)cc2)N1. The molecule has 1 atom stereocenters. The fraction of sp³-hybridized carbons (Fsp3) is 0.300. The first kappa shape index (κ1) is 10.9. The minimum atomic E-state index is -3.31. The molecule has 0 saturated carbocycles. The number of hydrogen-bond donors (Lipinski definition) is 2. The molecule has 0 bridgehead atoms. The molecule has 1 amide bonds. The van der Waals surface area contributed by atoms with Gasteiger partial charge in [-0.2, -0.15) is 0 Å². The fourth-order valence-corrected chi connectivity index (χ4v) is 3.06. The Hall–Kier alpha value is -1.56. The average molecular weight is 241 g/mol. The third kappa shape index (κ3) is 2.33. The molecule has 1 aliphatic heterocycles. The zero-order chi connectivity index (χ0) is 11.8. The third-order valence-electron chi connectivity index (χ3n) is 2.40. The van der Waals surface area contributed by atoms with Crippen LogP contribution in [0.3, 0.4) is 0 Å². The number of sulfone groups is 1. The highest BCUT2D eigenvalue weighted by atomic mass is 32.2. The van der Waals surface area contributed by atoms with Crippen LogP contribution >= 0.6 is 0 Å². The molecule has 0 aliphatic carbocycles. The van der Waals surface area contributed by atoms with Crippen molar-refractivity contribution in [3.63, 3.8) is 0 Å². The summed E-state index contributed by atoms with van der Waals surface area (Å²) < 4.78 is 22.8. The van der Waals surface area contributed by atoms with Gasteiger partial charge in [-0.25, -0.2) is 8.42 Å². The van der Waals surface area contributed by atoms with Gasteiger partial charge in [-0.1, -0.05) is 12.1 Å². The summed E-state index contributed by atoms with van der Waals surface area (Å²) in [6, 6.07) is 5.60. The van der Waals surface area contributed by atoms with Crippen LogP contribution < -0.4 is 5.32 Å². The molecule has 6 heteroatoms. The summed E-state index contributed by atoms with van der Waals surface area (Å²) in [5, 5.41) is 11.7. The Morgan fingerprint density at radius 2 is 1.88 bits per heavy atom. The molecule has 2 N–H and O–H groups in total. The Morgan fingerprint density at radius 3 is 2.44 bits per heavy atom. The number of benzene rings is 1. The average Bonchev–Trinajstić information content (AvgIpc) is 2.15. The number of amides is 1. The number of hydrogen-bond acceptors (Lipinski definition) is 4. The van der Waals surface area contributed by atoms with Gasteiger partial charge in [-0.05, 0) is 17.7 Å². The topological polar surface area (TPSA) is 83.5 Å². The van der Waals surface area contributed by atoms with Crippen LogP contribution in [0.4, 0.5) is 0 Å². The first-order chi connectivity index (χ1) is 7.46. The Morgan fingerprint density at radius 1 is 1.25 bits per heavy atom. The third-order valence-corrected chi connectivity index (χ3v) is 3.95. The summed E-state index contributed by atoms with van der Waals surface area (Å²) in [5.74, 6) is -0.913. The highest BCUT2D eigenvalue weighted by Gasteiger charge is 2.30. The van der Waals surface area contributed by atoms with Gasteiger partial charge in [0.05, 0.1) is 11.8 Å². The summed E-state index contributed by atoms with van der Waals surface area (Å²) in [7, 11) is -3.31. The molecule has 0 aromatic heterocycles. The van der Waals surface area contributed by atoms with Gasteiger partial charge in [0.15, 0.2) is 9.84 Å². The van der Waals surface area contributed by atoms with Crippen molar-refractivity contribution in [3.05, 3.63) is 29.8 Å². The zero-order valence-corrected chi connectivity index (χ0v) is 9.20. The zero-order valence-electron chi connectivity index (χ0n) is 8.38. The maximum atomic E-state index is 11.4. The van der Waals surface area contributed by atoms with Crippen molar-refractivity contribution in [1.29, 1.82) is 0 Å². The molecule has 1 heterocycles. The summed E-state index contributed by atoms with van der Waals surface area (Å²) in [4.78, 5) is 11.2. The monoisotopic (exact) mass is 241 g/mol. The van der Waals surface area contributed by atoms with E-state index in [2.05, 4.69) is 5.32 Å². The number of nitrogens with one attached hydrogen (secondary N) is 1. The Kier molecular flexibility index (Phi) is 2.59. The summed E-state index contributed by atoms with van der Waals surface area (Å²) in [6.45, 7) is 0. The van der Waals surface area contributed by atoms with Crippen molar-refractivity contribution in [1.82, 2.24) is 5.32 Å². The number of phenols is 1. The molecule has 1 aromatic rings. The maximum absolute atomic E-state index is 11.4. The van der Waals surface area contributed by atoms with Gasteiger partial charge < -0.3 is 10.4 Å². The van der Waals surface area contributed by atoms with Crippen LogP contribution in [-0.2, 0) is 14.6 Å². The van der Waals surface area contributed by atoms with E-state index in [1.807, 2.05) is 0 Å². The van der Waals surface area contributed by atoms with E-state index < -0.39 is 27.5 Å². The molecular weight excluding hydrogens is 230 g/mol. The number of carbonyl (C=O) groups is 1. The molecule has 86 valence electrons. The second-order valence-electron chi connectivity index (χ2n) is 3.77. The summed E-state index contributed by atoms with van der Waals surface area (Å²) >= 11 is 0. The molecule has 0 radical (unpaired) electrons. The lowest BCUT2D eigenvalue weighted by Crippen LogP contribution is -2.43. The van der Waals surface area contributed by atoms with Crippen molar-refractivity contribution in [2.45, 2.75) is 6.04 Å². The smallest absolute Gasteiger partial charge is 0.235 e. The van der Waals surface area contributed by atoms with E-state index >= 15 is 0 Å².